The van der Waals surface area contributed by atoms with Crippen molar-refractivity contribution in [2.45, 2.75) is 45.3 Å². The number of morpholine rings is 1. The van der Waals surface area contributed by atoms with Crippen LogP contribution in [0.5, 0.6) is 0 Å². The van der Waals surface area contributed by atoms with Crippen LogP contribution in [0.2, 0.25) is 0 Å². The Bertz CT molecular complexity index is 317. The number of carboxylic acid groups (broad SMARTS) is 1. The Labute approximate surface area is 107 Å². The van der Waals surface area contributed by atoms with Gasteiger partial charge in [-0.1, -0.05) is 0 Å². The molecule has 1 heterocycles. The maximum absolute atomic E-state index is 11.9. The first-order valence-corrected chi connectivity index (χ1v) is 6.22. The van der Waals surface area contributed by atoms with Gasteiger partial charge in [0, 0.05) is 19.5 Å². The molecule has 1 rings (SSSR count). The van der Waals surface area contributed by atoms with Gasteiger partial charge in [-0.15, -0.1) is 0 Å². The summed E-state index contributed by atoms with van der Waals surface area (Å²) >= 11 is 0. The zero-order valence-electron chi connectivity index (χ0n) is 11.2. The summed E-state index contributed by atoms with van der Waals surface area (Å²) in [5, 5.41) is 11.2. The predicted molar refractivity (Wildman–Crippen MR) is 66.5 cm³/mol. The van der Waals surface area contributed by atoms with Crippen molar-refractivity contribution in [3.8, 4) is 0 Å². The summed E-state index contributed by atoms with van der Waals surface area (Å²) in [7, 11) is 0. The molecule has 6 nitrogen and oxygen atoms in total. The number of hydrogen-bond acceptors (Lipinski definition) is 3. The van der Waals surface area contributed by atoms with Gasteiger partial charge in [-0.05, 0) is 27.2 Å². The van der Waals surface area contributed by atoms with Crippen LogP contribution in [0.1, 0.15) is 33.6 Å². The summed E-state index contributed by atoms with van der Waals surface area (Å²) in [5.41, 5.74) is -0.337. The van der Waals surface area contributed by atoms with E-state index in [-0.39, 0.29) is 24.2 Å². The maximum Gasteiger partial charge on any atom is 0.317 e. The molecule has 18 heavy (non-hydrogen) atoms. The molecule has 1 fully saturated rings. The summed E-state index contributed by atoms with van der Waals surface area (Å²) in [6.07, 6.45) is 0.536. The summed E-state index contributed by atoms with van der Waals surface area (Å²) in [5.74, 6) is -0.842. The van der Waals surface area contributed by atoms with E-state index >= 15 is 0 Å². The highest BCUT2D eigenvalue weighted by Gasteiger charge is 2.33. The van der Waals surface area contributed by atoms with Gasteiger partial charge in [0.1, 0.15) is 0 Å². The lowest BCUT2D eigenvalue weighted by atomic mass is 10.1. The van der Waals surface area contributed by atoms with Crippen molar-refractivity contribution in [2.24, 2.45) is 0 Å². The molecule has 0 saturated carbocycles. The van der Waals surface area contributed by atoms with E-state index in [2.05, 4.69) is 5.32 Å². The van der Waals surface area contributed by atoms with Crippen LogP contribution in [0.4, 0.5) is 4.79 Å². The highest BCUT2D eigenvalue weighted by atomic mass is 16.5. The molecule has 0 aromatic rings. The van der Waals surface area contributed by atoms with Crippen molar-refractivity contribution in [3.05, 3.63) is 0 Å². The largest absolute Gasteiger partial charge is 0.481 e. The number of nitrogens with one attached hydrogen (secondary N) is 1. The van der Waals surface area contributed by atoms with Crippen LogP contribution >= 0.6 is 0 Å². The Balaban J connectivity index is 2.34. The van der Waals surface area contributed by atoms with E-state index in [1.54, 1.807) is 4.90 Å². The molecular formula is C12H22N2O4. The van der Waals surface area contributed by atoms with Crippen molar-refractivity contribution in [2.75, 3.05) is 19.6 Å². The minimum absolute atomic E-state index is 0.0125. The SMILES string of the molecule is CC1CN(C(=O)NCCCC(=O)O)CC(C)(C)O1. The van der Waals surface area contributed by atoms with Gasteiger partial charge >= 0.3 is 12.0 Å². The monoisotopic (exact) mass is 258 g/mol. The smallest absolute Gasteiger partial charge is 0.317 e. The van der Waals surface area contributed by atoms with E-state index in [0.717, 1.165) is 0 Å². The van der Waals surface area contributed by atoms with Crippen molar-refractivity contribution >= 4 is 12.0 Å². The molecule has 104 valence electrons. The summed E-state index contributed by atoms with van der Waals surface area (Å²) in [6.45, 7) is 7.33. The van der Waals surface area contributed by atoms with Crippen molar-refractivity contribution in [1.82, 2.24) is 10.2 Å². The Morgan fingerprint density at radius 2 is 2.17 bits per heavy atom. The molecule has 1 atom stereocenters. The second-order valence-electron chi connectivity index (χ2n) is 5.30. The number of carbonyl (C=O) groups excluding carboxylic acids is 1. The quantitative estimate of drug-likeness (QED) is 0.739. The molecule has 6 heteroatoms. The number of carboxylic acids is 1. The van der Waals surface area contributed by atoms with Crippen LogP contribution in [0.3, 0.4) is 0 Å². The lowest BCUT2D eigenvalue weighted by Crippen LogP contribution is -2.56. The molecule has 0 aromatic heterocycles. The van der Waals surface area contributed by atoms with Gasteiger partial charge < -0.3 is 20.1 Å². The van der Waals surface area contributed by atoms with Crippen molar-refractivity contribution in [3.63, 3.8) is 0 Å². The van der Waals surface area contributed by atoms with Crippen LogP contribution in [-0.2, 0) is 9.53 Å². The highest BCUT2D eigenvalue weighted by molar-refractivity contribution is 5.74. The van der Waals surface area contributed by atoms with E-state index < -0.39 is 5.97 Å². The van der Waals surface area contributed by atoms with Gasteiger partial charge in [0.2, 0.25) is 0 Å². The number of hydrogen-bond donors (Lipinski definition) is 2. The molecule has 2 amide bonds. The number of nitrogens with zero attached hydrogens (tertiary/aromatic N) is 1. The molecule has 0 bridgehead atoms. The fourth-order valence-corrected chi connectivity index (χ4v) is 2.16. The molecule has 1 saturated heterocycles. The van der Waals surface area contributed by atoms with Crippen LogP contribution in [0.15, 0.2) is 0 Å². The minimum atomic E-state index is -0.842. The fourth-order valence-electron chi connectivity index (χ4n) is 2.16. The Hall–Kier alpha value is -1.30. The molecular weight excluding hydrogens is 236 g/mol. The van der Waals surface area contributed by atoms with Gasteiger partial charge in [-0.3, -0.25) is 4.79 Å². The van der Waals surface area contributed by atoms with Gasteiger partial charge in [-0.25, -0.2) is 4.79 Å². The topological polar surface area (TPSA) is 78.9 Å². The van der Waals surface area contributed by atoms with Crippen LogP contribution < -0.4 is 5.32 Å². The zero-order valence-corrected chi connectivity index (χ0v) is 11.2. The van der Waals surface area contributed by atoms with Crippen molar-refractivity contribution in [1.29, 1.82) is 0 Å². The van der Waals surface area contributed by atoms with E-state index in [1.165, 1.54) is 0 Å². The van der Waals surface area contributed by atoms with E-state index in [0.29, 0.717) is 26.1 Å². The van der Waals surface area contributed by atoms with Gasteiger partial charge in [-0.2, -0.15) is 0 Å². The summed E-state index contributed by atoms with van der Waals surface area (Å²) < 4.78 is 5.71. The molecule has 0 aromatic carbocycles. The second-order valence-corrected chi connectivity index (χ2v) is 5.30. The molecule has 2 N–H and O–H groups in total. The lowest BCUT2D eigenvalue weighted by Gasteiger charge is -2.41. The number of urea groups is 1. The average molecular weight is 258 g/mol. The molecule has 1 aliphatic rings. The number of amides is 2. The number of carbonyl (C=O) groups is 2. The highest BCUT2D eigenvalue weighted by Crippen LogP contribution is 2.20. The minimum Gasteiger partial charge on any atom is -0.481 e. The Morgan fingerprint density at radius 1 is 1.50 bits per heavy atom. The number of aliphatic carboxylic acids is 1. The first-order chi connectivity index (χ1) is 8.30. The third kappa shape index (κ3) is 4.91. The van der Waals surface area contributed by atoms with E-state index in [1.807, 2.05) is 20.8 Å². The first kappa shape index (κ1) is 14.8. The van der Waals surface area contributed by atoms with Gasteiger partial charge in [0.15, 0.2) is 0 Å². The summed E-state index contributed by atoms with van der Waals surface area (Å²) in [4.78, 5) is 23.9. The molecule has 0 spiro atoms. The third-order valence-corrected chi connectivity index (χ3v) is 2.70. The van der Waals surface area contributed by atoms with E-state index in [9.17, 15) is 9.59 Å². The van der Waals surface area contributed by atoms with Gasteiger partial charge in [0.25, 0.3) is 0 Å². The number of ether oxygens (including phenoxy) is 1. The first-order valence-electron chi connectivity index (χ1n) is 6.22. The van der Waals surface area contributed by atoms with Crippen LogP contribution in [-0.4, -0.2) is 53.3 Å². The zero-order chi connectivity index (χ0) is 13.8. The summed E-state index contributed by atoms with van der Waals surface area (Å²) in [6, 6.07) is -0.149. The predicted octanol–water partition coefficient (Wildman–Crippen LogP) is 1.06. The second kappa shape index (κ2) is 6.04. The van der Waals surface area contributed by atoms with Gasteiger partial charge in [0.05, 0.1) is 18.2 Å². The average Bonchev–Trinajstić information content (AvgIpc) is 2.20. The Morgan fingerprint density at radius 3 is 2.72 bits per heavy atom. The van der Waals surface area contributed by atoms with Crippen molar-refractivity contribution < 1.29 is 19.4 Å². The lowest BCUT2D eigenvalue weighted by molar-refractivity contribution is -0.137. The van der Waals surface area contributed by atoms with Crippen LogP contribution in [0, 0.1) is 0 Å². The molecule has 1 unspecified atom stereocenters. The fraction of sp³-hybridized carbons (Fsp3) is 0.833. The number of rotatable bonds is 4. The maximum atomic E-state index is 11.9. The molecule has 0 radical (unpaired) electrons. The van der Waals surface area contributed by atoms with Crippen LogP contribution in [0.25, 0.3) is 0 Å². The molecule has 0 aliphatic carbocycles. The molecule has 1 aliphatic heterocycles. The van der Waals surface area contributed by atoms with E-state index in [4.69, 9.17) is 9.84 Å². The normalized spacial score (nSPS) is 22.6. The standard InChI is InChI=1S/C12H22N2O4/c1-9-7-14(8-12(2,3)18-9)11(17)13-6-4-5-10(15)16/h9H,4-8H2,1-3H3,(H,13,17)(H,15,16). The third-order valence-electron chi connectivity index (χ3n) is 2.70. The Kier molecular flexibility index (Phi) is 4.95.